The minimum atomic E-state index is -0.473. The van der Waals surface area contributed by atoms with E-state index in [0.717, 1.165) is 5.56 Å². The van der Waals surface area contributed by atoms with E-state index in [2.05, 4.69) is 0 Å². The summed E-state index contributed by atoms with van der Waals surface area (Å²) >= 11 is 0. The molecule has 3 aromatic rings. The molecular weight excluding hydrogens is 328 g/mol. The van der Waals surface area contributed by atoms with Gasteiger partial charge in [0.2, 0.25) is 0 Å². The fourth-order valence-electron chi connectivity index (χ4n) is 2.41. The Morgan fingerprint density at radius 3 is 2.15 bits per heavy atom. The molecular formula is C22H18O4. The molecule has 0 amide bonds. The Labute approximate surface area is 152 Å². The molecule has 0 fully saturated rings. The summed E-state index contributed by atoms with van der Waals surface area (Å²) in [5.41, 5.74) is 1.92. The minimum absolute atomic E-state index is 0.0199. The molecule has 26 heavy (non-hydrogen) atoms. The number of carbonyl (C=O) groups is 2. The number of rotatable bonds is 6. The smallest absolute Gasteiger partial charge is 0.347 e. The Hall–Kier alpha value is -3.40. The molecule has 0 radical (unpaired) electrons. The van der Waals surface area contributed by atoms with E-state index in [-0.39, 0.29) is 12.4 Å². The molecule has 0 heterocycles. The summed E-state index contributed by atoms with van der Waals surface area (Å²) in [6.07, 6.45) is 0. The first-order chi connectivity index (χ1) is 12.6. The lowest BCUT2D eigenvalue weighted by Gasteiger charge is -2.11. The monoisotopic (exact) mass is 346 g/mol. The highest BCUT2D eigenvalue weighted by atomic mass is 16.5. The lowest BCUT2D eigenvalue weighted by atomic mass is 10.1. The van der Waals surface area contributed by atoms with Crippen molar-refractivity contribution in [3.8, 4) is 11.5 Å². The molecule has 0 aliphatic rings. The predicted molar refractivity (Wildman–Crippen MR) is 98.6 cm³/mol. The largest absolute Gasteiger partial charge is 0.488 e. The summed E-state index contributed by atoms with van der Waals surface area (Å²) in [5, 5.41) is 0. The van der Waals surface area contributed by atoms with Crippen LogP contribution in [-0.4, -0.2) is 11.8 Å². The molecule has 0 N–H and O–H groups in total. The van der Waals surface area contributed by atoms with Crippen LogP contribution in [0.4, 0.5) is 0 Å². The van der Waals surface area contributed by atoms with Crippen molar-refractivity contribution in [1.82, 2.24) is 0 Å². The highest BCUT2D eigenvalue weighted by Gasteiger charge is 2.14. The highest BCUT2D eigenvalue weighted by Crippen LogP contribution is 2.22. The van der Waals surface area contributed by atoms with Crippen LogP contribution in [0.3, 0.4) is 0 Å². The second-order valence-corrected chi connectivity index (χ2v) is 5.74. The Balaban J connectivity index is 1.70. The van der Waals surface area contributed by atoms with Gasteiger partial charge in [-0.1, -0.05) is 54.6 Å². The lowest BCUT2D eigenvalue weighted by molar-refractivity contribution is 0.0729. The molecule has 3 rings (SSSR count). The third-order valence-electron chi connectivity index (χ3n) is 3.82. The van der Waals surface area contributed by atoms with Gasteiger partial charge in [0.25, 0.3) is 0 Å². The average Bonchev–Trinajstić information content (AvgIpc) is 2.67. The van der Waals surface area contributed by atoms with Crippen molar-refractivity contribution in [1.29, 1.82) is 0 Å². The lowest BCUT2D eigenvalue weighted by Crippen LogP contribution is -2.10. The molecule has 0 unspecified atom stereocenters. The molecule has 0 aliphatic carbocycles. The number of hydrogen-bond donors (Lipinski definition) is 0. The number of para-hydroxylation sites is 2. The zero-order valence-corrected chi connectivity index (χ0v) is 14.3. The second kappa shape index (κ2) is 8.12. The van der Waals surface area contributed by atoms with Gasteiger partial charge >= 0.3 is 5.97 Å². The van der Waals surface area contributed by atoms with Crippen molar-refractivity contribution in [2.24, 2.45) is 0 Å². The van der Waals surface area contributed by atoms with Crippen molar-refractivity contribution in [2.45, 2.75) is 13.5 Å². The number of esters is 1. The van der Waals surface area contributed by atoms with E-state index in [1.807, 2.05) is 18.2 Å². The number of ketones is 1. The van der Waals surface area contributed by atoms with Gasteiger partial charge in [0.05, 0.1) is 0 Å². The van der Waals surface area contributed by atoms with E-state index in [0.29, 0.717) is 22.6 Å². The molecule has 0 atom stereocenters. The summed E-state index contributed by atoms with van der Waals surface area (Å²) < 4.78 is 11.2. The van der Waals surface area contributed by atoms with Gasteiger partial charge in [-0.15, -0.1) is 0 Å². The summed E-state index contributed by atoms with van der Waals surface area (Å²) in [7, 11) is 0. The number of ether oxygens (including phenoxy) is 2. The van der Waals surface area contributed by atoms with Crippen molar-refractivity contribution in [3.63, 3.8) is 0 Å². The molecule has 3 aromatic carbocycles. The van der Waals surface area contributed by atoms with Gasteiger partial charge in [0.15, 0.2) is 5.78 Å². The normalized spacial score (nSPS) is 10.2. The molecule has 4 nitrogen and oxygen atoms in total. The van der Waals surface area contributed by atoms with Crippen LogP contribution < -0.4 is 9.47 Å². The van der Waals surface area contributed by atoms with E-state index in [1.54, 1.807) is 60.7 Å². The third kappa shape index (κ3) is 4.36. The fraction of sp³-hybridized carbons (Fsp3) is 0.0909. The molecule has 0 saturated heterocycles. The number of hydrogen-bond acceptors (Lipinski definition) is 4. The topological polar surface area (TPSA) is 52.6 Å². The van der Waals surface area contributed by atoms with Crippen molar-refractivity contribution >= 4 is 11.8 Å². The van der Waals surface area contributed by atoms with E-state index in [4.69, 9.17) is 9.47 Å². The van der Waals surface area contributed by atoms with Crippen LogP contribution in [-0.2, 0) is 6.61 Å². The predicted octanol–water partition coefficient (Wildman–Crippen LogP) is 4.69. The summed E-state index contributed by atoms with van der Waals surface area (Å²) in [6.45, 7) is 1.81. The molecule has 0 aromatic heterocycles. The maximum atomic E-state index is 12.4. The van der Waals surface area contributed by atoms with Gasteiger partial charge in [-0.25, -0.2) is 4.79 Å². The van der Waals surface area contributed by atoms with E-state index >= 15 is 0 Å². The first-order valence-corrected chi connectivity index (χ1v) is 8.22. The van der Waals surface area contributed by atoms with Crippen LogP contribution in [0.1, 0.15) is 33.2 Å². The van der Waals surface area contributed by atoms with Crippen LogP contribution in [0.15, 0.2) is 78.9 Å². The Morgan fingerprint density at radius 2 is 1.46 bits per heavy atom. The maximum Gasteiger partial charge on any atom is 0.347 e. The highest BCUT2D eigenvalue weighted by molar-refractivity contribution is 5.94. The summed E-state index contributed by atoms with van der Waals surface area (Å²) in [6, 6.07) is 23.0. The molecule has 0 aliphatic heterocycles. The molecule has 0 bridgehead atoms. The Bertz CT molecular complexity index is 899. The van der Waals surface area contributed by atoms with Gasteiger partial charge in [0, 0.05) is 5.56 Å². The van der Waals surface area contributed by atoms with Gasteiger partial charge in [-0.05, 0) is 36.8 Å². The number of Topliss-reactive ketones (excluding diaryl/α,β-unsaturated/α-hetero) is 1. The molecule has 4 heteroatoms. The maximum absolute atomic E-state index is 12.4. The van der Waals surface area contributed by atoms with Crippen molar-refractivity contribution in [3.05, 3.63) is 95.6 Å². The first-order valence-electron chi connectivity index (χ1n) is 8.22. The van der Waals surface area contributed by atoms with Crippen LogP contribution in [0.2, 0.25) is 0 Å². The van der Waals surface area contributed by atoms with Gasteiger partial charge in [-0.3, -0.25) is 4.79 Å². The molecule has 130 valence electrons. The molecule has 0 spiro atoms. The first kappa shape index (κ1) is 17.4. The Kier molecular flexibility index (Phi) is 5.44. The van der Waals surface area contributed by atoms with Crippen LogP contribution in [0, 0.1) is 0 Å². The zero-order valence-electron chi connectivity index (χ0n) is 14.3. The van der Waals surface area contributed by atoms with Crippen molar-refractivity contribution in [2.75, 3.05) is 0 Å². The SMILES string of the molecule is CC(=O)c1ccc(COc2ccccc2C(=O)Oc2ccccc2)cc1. The van der Waals surface area contributed by atoms with E-state index in [9.17, 15) is 9.59 Å². The van der Waals surface area contributed by atoms with Crippen molar-refractivity contribution < 1.29 is 19.1 Å². The van der Waals surface area contributed by atoms with Crippen LogP contribution in [0.25, 0.3) is 0 Å². The quantitative estimate of drug-likeness (QED) is 0.369. The van der Waals surface area contributed by atoms with Gasteiger partial charge in [-0.2, -0.15) is 0 Å². The fourth-order valence-corrected chi connectivity index (χ4v) is 2.41. The summed E-state index contributed by atoms with van der Waals surface area (Å²) in [4.78, 5) is 23.7. The van der Waals surface area contributed by atoms with E-state index in [1.165, 1.54) is 6.92 Å². The Morgan fingerprint density at radius 1 is 0.808 bits per heavy atom. The second-order valence-electron chi connectivity index (χ2n) is 5.74. The minimum Gasteiger partial charge on any atom is -0.488 e. The average molecular weight is 346 g/mol. The number of benzene rings is 3. The third-order valence-corrected chi connectivity index (χ3v) is 3.82. The van der Waals surface area contributed by atoms with Crippen LogP contribution in [0.5, 0.6) is 11.5 Å². The zero-order chi connectivity index (χ0) is 18.4. The standard InChI is InChI=1S/C22H18O4/c1-16(23)18-13-11-17(12-14-18)15-25-21-10-6-5-9-20(21)22(24)26-19-7-3-2-4-8-19/h2-14H,15H2,1H3. The summed E-state index contributed by atoms with van der Waals surface area (Å²) in [5.74, 6) is 0.474. The van der Waals surface area contributed by atoms with Gasteiger partial charge < -0.3 is 9.47 Å². The molecule has 0 saturated carbocycles. The number of carbonyl (C=O) groups excluding carboxylic acids is 2. The van der Waals surface area contributed by atoms with Crippen LogP contribution >= 0.6 is 0 Å². The van der Waals surface area contributed by atoms with Gasteiger partial charge in [0.1, 0.15) is 23.7 Å². The van der Waals surface area contributed by atoms with E-state index < -0.39 is 5.97 Å².